The summed E-state index contributed by atoms with van der Waals surface area (Å²) in [7, 11) is -3.22. The van der Waals surface area contributed by atoms with Gasteiger partial charge in [-0.2, -0.15) is 5.10 Å². The maximum Gasteiger partial charge on any atom is 0.215 e. The summed E-state index contributed by atoms with van der Waals surface area (Å²) < 4.78 is 29.7. The second-order valence-corrected chi connectivity index (χ2v) is 9.75. The van der Waals surface area contributed by atoms with E-state index in [1.165, 1.54) is 0 Å². The topological polar surface area (TPSA) is 64.0 Å². The molecule has 0 radical (unpaired) electrons. The van der Waals surface area contributed by atoms with Crippen LogP contribution in [0.2, 0.25) is 0 Å². The van der Waals surface area contributed by atoms with E-state index in [2.05, 4.69) is 23.7 Å². The van der Waals surface area contributed by atoms with Crippen molar-refractivity contribution in [2.45, 2.75) is 50.8 Å². The minimum absolute atomic E-state index is 0.0241. The molecule has 0 amide bonds. The number of nitrogens with one attached hydrogen (secondary N) is 1. The van der Waals surface area contributed by atoms with Crippen molar-refractivity contribution in [1.29, 1.82) is 0 Å². The van der Waals surface area contributed by atoms with Gasteiger partial charge in [-0.1, -0.05) is 32.0 Å². The number of nitrogens with zero attached hydrogens (tertiary/aromatic N) is 2. The van der Waals surface area contributed by atoms with Crippen LogP contribution in [0.4, 0.5) is 0 Å². The highest BCUT2D eigenvalue weighted by Gasteiger charge is 2.41. The third-order valence-electron chi connectivity index (χ3n) is 4.95. The summed E-state index contributed by atoms with van der Waals surface area (Å²) in [6, 6.07) is 9.83. The first kappa shape index (κ1) is 15.8. The standard InChI is InChI=1S/C18H23N3O2S/c1-18(2)10-16(20-24(22,23)14-8-9-14)15-12-19-21(17(15)11-18)13-6-4-3-5-7-13/h3-7,12,14,16,20H,8-11H2,1-2H3. The average Bonchev–Trinajstić information content (AvgIpc) is 3.29. The van der Waals surface area contributed by atoms with Gasteiger partial charge in [0, 0.05) is 11.3 Å². The molecule has 1 fully saturated rings. The van der Waals surface area contributed by atoms with E-state index in [9.17, 15) is 8.42 Å². The van der Waals surface area contributed by atoms with Gasteiger partial charge in [0.05, 0.1) is 23.2 Å². The van der Waals surface area contributed by atoms with E-state index >= 15 is 0 Å². The van der Waals surface area contributed by atoms with Crippen LogP contribution in [0.3, 0.4) is 0 Å². The molecule has 2 aliphatic rings. The Balaban J connectivity index is 1.73. The maximum absolute atomic E-state index is 12.4. The molecule has 6 heteroatoms. The lowest BCUT2D eigenvalue weighted by molar-refractivity contribution is 0.268. The Morgan fingerprint density at radius 1 is 1.21 bits per heavy atom. The van der Waals surface area contributed by atoms with Crippen LogP contribution in [0.1, 0.15) is 50.4 Å². The smallest absolute Gasteiger partial charge is 0.215 e. The molecule has 0 saturated heterocycles. The Morgan fingerprint density at radius 3 is 2.58 bits per heavy atom. The van der Waals surface area contributed by atoms with E-state index in [0.29, 0.717) is 0 Å². The van der Waals surface area contributed by atoms with Crippen LogP contribution in [0.15, 0.2) is 36.5 Å². The Bertz CT molecular complexity index is 852. The molecule has 128 valence electrons. The van der Waals surface area contributed by atoms with Gasteiger partial charge in [0.1, 0.15) is 0 Å². The molecular formula is C18H23N3O2S. The fraction of sp³-hybridized carbons (Fsp3) is 0.500. The summed E-state index contributed by atoms with van der Waals surface area (Å²) in [5.74, 6) is 0. The van der Waals surface area contributed by atoms with E-state index < -0.39 is 10.0 Å². The summed E-state index contributed by atoms with van der Waals surface area (Å²) in [6.07, 6.45) is 5.08. The molecule has 2 aliphatic carbocycles. The summed E-state index contributed by atoms with van der Waals surface area (Å²) in [6.45, 7) is 4.38. The summed E-state index contributed by atoms with van der Waals surface area (Å²) in [4.78, 5) is 0. The maximum atomic E-state index is 12.4. The van der Waals surface area contributed by atoms with Crippen LogP contribution in [0.25, 0.3) is 5.69 Å². The van der Waals surface area contributed by atoms with Gasteiger partial charge in [-0.05, 0) is 43.2 Å². The molecule has 1 aromatic carbocycles. The van der Waals surface area contributed by atoms with Crippen molar-refractivity contribution >= 4 is 10.0 Å². The van der Waals surface area contributed by atoms with E-state index in [-0.39, 0.29) is 16.7 Å². The average molecular weight is 345 g/mol. The van der Waals surface area contributed by atoms with E-state index in [4.69, 9.17) is 0 Å². The number of benzene rings is 1. The van der Waals surface area contributed by atoms with Crippen LogP contribution >= 0.6 is 0 Å². The van der Waals surface area contributed by atoms with Gasteiger partial charge in [-0.3, -0.25) is 0 Å². The zero-order valence-electron chi connectivity index (χ0n) is 14.1. The van der Waals surface area contributed by atoms with Crippen molar-refractivity contribution in [2.75, 3.05) is 0 Å². The minimum atomic E-state index is -3.22. The predicted molar refractivity (Wildman–Crippen MR) is 93.5 cm³/mol. The number of para-hydroxylation sites is 1. The number of fused-ring (bicyclic) bond motifs is 1. The van der Waals surface area contributed by atoms with Gasteiger partial charge >= 0.3 is 0 Å². The molecule has 1 atom stereocenters. The lowest BCUT2D eigenvalue weighted by Crippen LogP contribution is -2.38. The van der Waals surface area contributed by atoms with E-state index in [1.807, 2.05) is 41.2 Å². The van der Waals surface area contributed by atoms with Crippen LogP contribution in [-0.4, -0.2) is 23.4 Å². The fourth-order valence-electron chi connectivity index (χ4n) is 3.61. The summed E-state index contributed by atoms with van der Waals surface area (Å²) in [5, 5.41) is 4.36. The van der Waals surface area contributed by atoms with Gasteiger partial charge in [-0.25, -0.2) is 17.8 Å². The molecule has 4 rings (SSSR count). The van der Waals surface area contributed by atoms with Crippen LogP contribution in [0, 0.1) is 5.41 Å². The fourth-order valence-corrected chi connectivity index (χ4v) is 5.17. The molecule has 5 nitrogen and oxygen atoms in total. The molecule has 1 heterocycles. The van der Waals surface area contributed by atoms with Crippen molar-refractivity contribution in [3.63, 3.8) is 0 Å². The Labute approximate surface area is 143 Å². The highest BCUT2D eigenvalue weighted by atomic mass is 32.2. The molecular weight excluding hydrogens is 322 g/mol. The van der Waals surface area contributed by atoms with Gasteiger partial charge in [-0.15, -0.1) is 0 Å². The molecule has 1 saturated carbocycles. The minimum Gasteiger partial charge on any atom is -0.237 e. The molecule has 0 bridgehead atoms. The van der Waals surface area contributed by atoms with Crippen molar-refractivity contribution in [3.8, 4) is 5.69 Å². The summed E-state index contributed by atoms with van der Waals surface area (Å²) in [5.41, 5.74) is 3.17. The lowest BCUT2D eigenvalue weighted by Gasteiger charge is -2.35. The van der Waals surface area contributed by atoms with Gasteiger partial charge in [0.15, 0.2) is 0 Å². The summed E-state index contributed by atoms with van der Waals surface area (Å²) >= 11 is 0. The van der Waals surface area contributed by atoms with Crippen molar-refractivity contribution in [1.82, 2.24) is 14.5 Å². The number of rotatable bonds is 4. The molecule has 1 aromatic heterocycles. The first-order valence-electron chi connectivity index (χ1n) is 8.49. The molecule has 0 aliphatic heterocycles. The van der Waals surface area contributed by atoms with Crippen LogP contribution in [0.5, 0.6) is 0 Å². The zero-order valence-corrected chi connectivity index (χ0v) is 14.9. The van der Waals surface area contributed by atoms with Gasteiger partial charge in [0.2, 0.25) is 10.0 Å². The Morgan fingerprint density at radius 2 is 1.92 bits per heavy atom. The molecule has 2 aromatic rings. The quantitative estimate of drug-likeness (QED) is 0.926. The van der Waals surface area contributed by atoms with Crippen LogP contribution < -0.4 is 4.72 Å². The third kappa shape index (κ3) is 2.89. The SMILES string of the molecule is CC1(C)Cc2c(cnn2-c2ccccc2)C(NS(=O)(=O)C2CC2)C1. The number of hydrogen-bond donors (Lipinski definition) is 1. The second kappa shape index (κ2) is 5.43. The number of hydrogen-bond acceptors (Lipinski definition) is 3. The van der Waals surface area contributed by atoms with E-state index in [1.54, 1.807) is 0 Å². The first-order valence-corrected chi connectivity index (χ1v) is 10.0. The lowest BCUT2D eigenvalue weighted by atomic mass is 9.74. The highest BCUT2D eigenvalue weighted by Crippen LogP contribution is 2.42. The normalized spacial score (nSPS) is 23.0. The Kier molecular flexibility index (Phi) is 3.58. The number of aromatic nitrogens is 2. The van der Waals surface area contributed by atoms with Crippen LogP contribution in [-0.2, 0) is 16.4 Å². The predicted octanol–water partition coefficient (Wildman–Crippen LogP) is 2.97. The molecule has 24 heavy (non-hydrogen) atoms. The molecule has 0 spiro atoms. The monoisotopic (exact) mass is 345 g/mol. The first-order chi connectivity index (χ1) is 11.4. The van der Waals surface area contributed by atoms with Crippen molar-refractivity contribution in [2.24, 2.45) is 5.41 Å². The van der Waals surface area contributed by atoms with Crippen molar-refractivity contribution < 1.29 is 8.42 Å². The van der Waals surface area contributed by atoms with E-state index in [0.717, 1.165) is 42.6 Å². The highest BCUT2D eigenvalue weighted by molar-refractivity contribution is 7.90. The molecule has 1 unspecified atom stereocenters. The largest absolute Gasteiger partial charge is 0.237 e. The van der Waals surface area contributed by atoms with Gasteiger partial charge in [0.25, 0.3) is 0 Å². The van der Waals surface area contributed by atoms with Crippen molar-refractivity contribution in [3.05, 3.63) is 47.8 Å². The van der Waals surface area contributed by atoms with Gasteiger partial charge < -0.3 is 0 Å². The zero-order chi connectivity index (χ0) is 16.9. The second-order valence-electron chi connectivity index (χ2n) is 7.75. The molecule has 1 N–H and O–H groups in total. The number of sulfonamides is 1. The Hall–Kier alpha value is -1.66. The third-order valence-corrected chi connectivity index (χ3v) is 6.91.